The molecular weight excluding hydrogens is 254 g/mol. The molecule has 0 fully saturated rings. The van der Waals surface area contributed by atoms with Crippen LogP contribution in [0, 0.1) is 0 Å². The Labute approximate surface area is 118 Å². The molecule has 2 rings (SSSR count). The summed E-state index contributed by atoms with van der Waals surface area (Å²) in [5.41, 5.74) is 1.84. The maximum absolute atomic E-state index is 12.1. The van der Waals surface area contributed by atoms with Crippen molar-refractivity contribution in [2.45, 2.75) is 20.3 Å². The number of nitrogens with zero attached hydrogens (tertiary/aromatic N) is 3. The Morgan fingerprint density at radius 1 is 1.25 bits per heavy atom. The van der Waals surface area contributed by atoms with Crippen LogP contribution in [0.4, 0.5) is 5.69 Å². The van der Waals surface area contributed by atoms with Crippen molar-refractivity contribution in [1.29, 1.82) is 0 Å². The molecule has 0 spiro atoms. The Kier molecular flexibility index (Phi) is 4.50. The molecule has 1 heterocycles. The average Bonchev–Trinajstić information content (AvgIpc) is 2.46. The SMILES string of the molecule is CCCN(C)c1c(C(=O)OCC)nnc2ccccc12. The first-order valence-electron chi connectivity index (χ1n) is 6.82. The Balaban J connectivity index is 2.61. The van der Waals surface area contributed by atoms with Gasteiger partial charge in [-0.25, -0.2) is 4.79 Å². The van der Waals surface area contributed by atoms with Crippen molar-refractivity contribution < 1.29 is 9.53 Å². The van der Waals surface area contributed by atoms with E-state index in [-0.39, 0.29) is 5.69 Å². The van der Waals surface area contributed by atoms with Crippen LogP contribution in [0.2, 0.25) is 0 Å². The lowest BCUT2D eigenvalue weighted by Crippen LogP contribution is -2.23. The summed E-state index contributed by atoms with van der Waals surface area (Å²) in [6, 6.07) is 7.68. The molecule has 0 saturated heterocycles. The first-order chi connectivity index (χ1) is 9.69. The van der Waals surface area contributed by atoms with Gasteiger partial charge in [0.1, 0.15) is 0 Å². The fourth-order valence-corrected chi connectivity index (χ4v) is 2.21. The number of benzene rings is 1. The van der Waals surface area contributed by atoms with Gasteiger partial charge in [-0.2, -0.15) is 0 Å². The topological polar surface area (TPSA) is 55.3 Å². The van der Waals surface area contributed by atoms with Gasteiger partial charge in [0.05, 0.1) is 17.8 Å². The summed E-state index contributed by atoms with van der Waals surface area (Å²) in [6.45, 7) is 5.03. The van der Waals surface area contributed by atoms with Crippen LogP contribution in [0.1, 0.15) is 30.8 Å². The van der Waals surface area contributed by atoms with Gasteiger partial charge >= 0.3 is 5.97 Å². The fourth-order valence-electron chi connectivity index (χ4n) is 2.21. The molecule has 0 saturated carbocycles. The van der Waals surface area contributed by atoms with Crippen LogP contribution < -0.4 is 4.90 Å². The van der Waals surface area contributed by atoms with E-state index in [1.165, 1.54) is 0 Å². The van der Waals surface area contributed by atoms with Crippen molar-refractivity contribution >= 4 is 22.6 Å². The Morgan fingerprint density at radius 3 is 2.70 bits per heavy atom. The number of hydrogen-bond acceptors (Lipinski definition) is 5. The van der Waals surface area contributed by atoms with Gasteiger partial charge in [-0.3, -0.25) is 0 Å². The van der Waals surface area contributed by atoms with Gasteiger partial charge in [0, 0.05) is 19.0 Å². The van der Waals surface area contributed by atoms with Gasteiger partial charge in [0.25, 0.3) is 0 Å². The van der Waals surface area contributed by atoms with Crippen molar-refractivity contribution in [1.82, 2.24) is 10.2 Å². The van der Waals surface area contributed by atoms with Crippen LogP contribution in [-0.4, -0.2) is 36.4 Å². The maximum Gasteiger partial charge on any atom is 0.361 e. The summed E-state index contributed by atoms with van der Waals surface area (Å²) in [5.74, 6) is -0.427. The van der Waals surface area contributed by atoms with Gasteiger partial charge in [-0.05, 0) is 19.4 Å². The number of carbonyl (C=O) groups excluding carboxylic acids is 1. The van der Waals surface area contributed by atoms with Gasteiger partial charge in [-0.1, -0.05) is 25.1 Å². The van der Waals surface area contributed by atoms with Crippen molar-refractivity contribution in [3.05, 3.63) is 30.0 Å². The van der Waals surface area contributed by atoms with Crippen LogP contribution in [0.5, 0.6) is 0 Å². The zero-order chi connectivity index (χ0) is 14.5. The summed E-state index contributed by atoms with van der Waals surface area (Å²) < 4.78 is 5.08. The van der Waals surface area contributed by atoms with Crippen LogP contribution in [0.15, 0.2) is 24.3 Å². The standard InChI is InChI=1S/C15H19N3O2/c1-4-10-18(3)14-11-8-6-7-9-12(11)16-17-13(14)15(19)20-5-2/h6-9H,4-5,10H2,1-3H3. The van der Waals surface area contributed by atoms with Crippen molar-refractivity contribution in [3.63, 3.8) is 0 Å². The second-order valence-corrected chi connectivity index (χ2v) is 4.56. The third-order valence-corrected chi connectivity index (χ3v) is 3.05. The molecule has 20 heavy (non-hydrogen) atoms. The van der Waals surface area contributed by atoms with Gasteiger partial charge < -0.3 is 9.64 Å². The van der Waals surface area contributed by atoms with E-state index in [4.69, 9.17) is 4.74 Å². The fraction of sp³-hybridized carbons (Fsp3) is 0.400. The smallest absolute Gasteiger partial charge is 0.361 e. The highest BCUT2D eigenvalue weighted by atomic mass is 16.5. The van der Waals surface area contributed by atoms with Crippen LogP contribution in [-0.2, 0) is 4.74 Å². The number of aromatic nitrogens is 2. The number of rotatable bonds is 5. The summed E-state index contributed by atoms with van der Waals surface area (Å²) in [4.78, 5) is 14.1. The Bertz CT molecular complexity index is 613. The van der Waals surface area contributed by atoms with Gasteiger partial charge in [0.2, 0.25) is 0 Å². The predicted octanol–water partition coefficient (Wildman–Crippen LogP) is 2.65. The van der Waals surface area contributed by atoms with Gasteiger partial charge in [-0.15, -0.1) is 10.2 Å². The molecule has 5 heteroatoms. The summed E-state index contributed by atoms with van der Waals surface area (Å²) in [6.07, 6.45) is 0.982. The minimum absolute atomic E-state index is 0.279. The van der Waals surface area contributed by atoms with E-state index in [2.05, 4.69) is 17.1 Å². The number of carbonyl (C=O) groups is 1. The zero-order valence-electron chi connectivity index (χ0n) is 12.1. The molecular formula is C15H19N3O2. The lowest BCUT2D eigenvalue weighted by atomic mass is 10.1. The lowest BCUT2D eigenvalue weighted by Gasteiger charge is -2.21. The molecule has 2 aromatic rings. The number of ether oxygens (including phenoxy) is 1. The molecule has 0 unspecified atom stereocenters. The molecule has 1 aromatic heterocycles. The first kappa shape index (κ1) is 14.2. The number of hydrogen-bond donors (Lipinski definition) is 0. The van der Waals surface area contributed by atoms with Crippen molar-refractivity contribution in [3.8, 4) is 0 Å². The summed E-state index contributed by atoms with van der Waals surface area (Å²) in [5, 5.41) is 9.09. The molecule has 0 atom stereocenters. The molecule has 0 N–H and O–H groups in total. The minimum Gasteiger partial charge on any atom is -0.461 e. The Hall–Kier alpha value is -2.17. The second kappa shape index (κ2) is 6.32. The quantitative estimate of drug-likeness (QED) is 0.784. The highest BCUT2D eigenvalue weighted by Gasteiger charge is 2.20. The van der Waals surface area contributed by atoms with E-state index in [1.807, 2.05) is 36.2 Å². The molecule has 0 radical (unpaired) electrons. The van der Waals surface area contributed by atoms with E-state index < -0.39 is 5.97 Å². The van der Waals surface area contributed by atoms with E-state index in [1.54, 1.807) is 6.92 Å². The van der Waals surface area contributed by atoms with Gasteiger partial charge in [0.15, 0.2) is 5.69 Å². The first-order valence-corrected chi connectivity index (χ1v) is 6.82. The predicted molar refractivity (Wildman–Crippen MR) is 79.1 cm³/mol. The molecule has 0 aliphatic carbocycles. The minimum atomic E-state index is -0.427. The number of esters is 1. The maximum atomic E-state index is 12.1. The van der Waals surface area contributed by atoms with Crippen LogP contribution >= 0.6 is 0 Å². The number of anilines is 1. The molecule has 0 amide bonds. The van der Waals surface area contributed by atoms with E-state index in [0.29, 0.717) is 6.61 Å². The molecule has 106 valence electrons. The van der Waals surface area contributed by atoms with Crippen LogP contribution in [0.3, 0.4) is 0 Å². The molecule has 0 aliphatic rings. The summed E-state index contributed by atoms with van der Waals surface area (Å²) in [7, 11) is 1.95. The summed E-state index contributed by atoms with van der Waals surface area (Å²) >= 11 is 0. The third kappa shape index (κ3) is 2.71. The van der Waals surface area contributed by atoms with Crippen LogP contribution in [0.25, 0.3) is 10.9 Å². The van der Waals surface area contributed by atoms with E-state index >= 15 is 0 Å². The molecule has 0 bridgehead atoms. The second-order valence-electron chi connectivity index (χ2n) is 4.56. The zero-order valence-corrected chi connectivity index (χ0v) is 12.1. The average molecular weight is 273 g/mol. The van der Waals surface area contributed by atoms with Crippen molar-refractivity contribution in [2.24, 2.45) is 0 Å². The van der Waals surface area contributed by atoms with E-state index in [9.17, 15) is 4.79 Å². The third-order valence-electron chi connectivity index (χ3n) is 3.05. The molecule has 1 aromatic carbocycles. The molecule has 0 aliphatic heterocycles. The number of fused-ring (bicyclic) bond motifs is 1. The highest BCUT2D eigenvalue weighted by molar-refractivity contribution is 6.03. The molecule has 5 nitrogen and oxygen atoms in total. The lowest BCUT2D eigenvalue weighted by molar-refractivity contribution is 0.0519. The Morgan fingerprint density at radius 2 is 2.00 bits per heavy atom. The van der Waals surface area contributed by atoms with Crippen molar-refractivity contribution in [2.75, 3.05) is 25.1 Å². The monoisotopic (exact) mass is 273 g/mol. The normalized spacial score (nSPS) is 10.6. The van der Waals surface area contributed by atoms with E-state index in [0.717, 1.165) is 29.6 Å². The highest BCUT2D eigenvalue weighted by Crippen LogP contribution is 2.28. The largest absolute Gasteiger partial charge is 0.461 e.